The Morgan fingerprint density at radius 1 is 1.17 bits per heavy atom. The van der Waals surface area contributed by atoms with Crippen molar-refractivity contribution < 1.29 is 0 Å². The van der Waals surface area contributed by atoms with E-state index >= 15 is 0 Å². The van der Waals surface area contributed by atoms with Gasteiger partial charge in [-0.2, -0.15) is 0 Å². The Kier molecular flexibility index (Phi) is 2.76. The smallest absolute Gasteiger partial charge is 0.128 e. The van der Waals surface area contributed by atoms with E-state index in [9.17, 15) is 0 Å². The van der Waals surface area contributed by atoms with E-state index in [0.29, 0.717) is 11.7 Å². The normalized spacial score (nSPS) is 19.5. The van der Waals surface area contributed by atoms with Gasteiger partial charge in [-0.25, -0.2) is 4.98 Å². The first-order valence-electron chi connectivity index (χ1n) is 6.31. The number of anilines is 1. The average Bonchev–Trinajstić information content (AvgIpc) is 2.82. The Hall–Kier alpha value is -1.87. The quantitative estimate of drug-likeness (QED) is 0.845. The van der Waals surface area contributed by atoms with Gasteiger partial charge in [-0.15, -0.1) is 0 Å². The highest BCUT2D eigenvalue weighted by Gasteiger charge is 2.29. The van der Waals surface area contributed by atoms with Gasteiger partial charge in [-0.05, 0) is 30.0 Å². The van der Waals surface area contributed by atoms with E-state index in [0.717, 1.165) is 18.4 Å². The number of aromatic nitrogens is 1. The molecule has 18 heavy (non-hydrogen) atoms. The molecular weight excluding hydrogens is 222 g/mol. The van der Waals surface area contributed by atoms with Crippen molar-refractivity contribution in [1.29, 1.82) is 0 Å². The summed E-state index contributed by atoms with van der Waals surface area (Å²) >= 11 is 0. The molecule has 2 unspecified atom stereocenters. The summed E-state index contributed by atoms with van der Waals surface area (Å²) in [6.07, 6.45) is 3.90. The lowest BCUT2D eigenvalue weighted by atomic mass is 9.89. The minimum Gasteiger partial charge on any atom is -0.383 e. The summed E-state index contributed by atoms with van der Waals surface area (Å²) in [5, 5.41) is 0. The number of benzene rings is 1. The van der Waals surface area contributed by atoms with E-state index in [-0.39, 0.29) is 6.04 Å². The number of hydrogen-bond acceptors (Lipinski definition) is 3. The molecule has 2 aromatic rings. The fourth-order valence-corrected chi connectivity index (χ4v) is 2.89. The van der Waals surface area contributed by atoms with Gasteiger partial charge < -0.3 is 11.5 Å². The first-order chi connectivity index (χ1) is 8.77. The molecule has 1 aliphatic rings. The third-order valence-corrected chi connectivity index (χ3v) is 3.84. The largest absolute Gasteiger partial charge is 0.383 e. The summed E-state index contributed by atoms with van der Waals surface area (Å²) in [6, 6.07) is 12.3. The second kappa shape index (κ2) is 4.42. The van der Waals surface area contributed by atoms with E-state index < -0.39 is 0 Å². The van der Waals surface area contributed by atoms with Crippen molar-refractivity contribution in [1.82, 2.24) is 4.98 Å². The fourth-order valence-electron chi connectivity index (χ4n) is 2.89. The summed E-state index contributed by atoms with van der Waals surface area (Å²) in [6.45, 7) is 0. The Bertz CT molecular complexity index is 565. The number of fused-ring (bicyclic) bond motifs is 1. The fraction of sp³-hybridized carbons (Fsp3) is 0.267. The first-order valence-corrected chi connectivity index (χ1v) is 6.31. The molecular formula is C15H17N3. The number of nitrogens with zero attached hydrogens (tertiary/aromatic N) is 1. The molecule has 0 spiro atoms. The van der Waals surface area contributed by atoms with Crippen LogP contribution in [-0.4, -0.2) is 4.98 Å². The average molecular weight is 239 g/mol. The molecule has 0 saturated heterocycles. The maximum absolute atomic E-state index is 6.40. The standard InChI is InChI=1S/C15H17N3/c16-14(13-6-3-9-18-15(13)17)12-8-7-10-4-1-2-5-11(10)12/h1-6,9,12,14H,7-8,16H2,(H2,17,18). The van der Waals surface area contributed by atoms with Crippen LogP contribution in [0, 0.1) is 0 Å². The lowest BCUT2D eigenvalue weighted by molar-refractivity contribution is 0.551. The van der Waals surface area contributed by atoms with Crippen molar-refractivity contribution in [2.75, 3.05) is 5.73 Å². The molecule has 2 atom stereocenters. The predicted octanol–water partition coefficient (Wildman–Crippen LogP) is 2.39. The highest BCUT2D eigenvalue weighted by atomic mass is 14.8. The monoisotopic (exact) mass is 239 g/mol. The topological polar surface area (TPSA) is 64.9 Å². The van der Waals surface area contributed by atoms with Crippen molar-refractivity contribution in [3.05, 3.63) is 59.3 Å². The number of nitrogen functional groups attached to an aromatic ring is 1. The molecule has 0 radical (unpaired) electrons. The van der Waals surface area contributed by atoms with Crippen LogP contribution in [0.25, 0.3) is 0 Å². The second-order valence-corrected chi connectivity index (χ2v) is 4.85. The Morgan fingerprint density at radius 2 is 2.00 bits per heavy atom. The maximum Gasteiger partial charge on any atom is 0.128 e. The van der Waals surface area contributed by atoms with Gasteiger partial charge in [0.1, 0.15) is 5.82 Å². The van der Waals surface area contributed by atoms with Crippen LogP contribution in [0.15, 0.2) is 42.6 Å². The second-order valence-electron chi connectivity index (χ2n) is 4.85. The summed E-state index contributed by atoms with van der Waals surface area (Å²) < 4.78 is 0. The van der Waals surface area contributed by atoms with Crippen LogP contribution in [0.1, 0.15) is 35.1 Å². The van der Waals surface area contributed by atoms with Gasteiger partial charge in [0, 0.05) is 23.7 Å². The molecule has 3 nitrogen and oxygen atoms in total. The van der Waals surface area contributed by atoms with Crippen molar-refractivity contribution in [3.63, 3.8) is 0 Å². The highest BCUT2D eigenvalue weighted by Crippen LogP contribution is 2.41. The minimum absolute atomic E-state index is 0.0673. The number of rotatable bonds is 2. The molecule has 3 rings (SSSR count). The molecule has 92 valence electrons. The zero-order chi connectivity index (χ0) is 12.5. The molecule has 0 aliphatic heterocycles. The van der Waals surface area contributed by atoms with Gasteiger partial charge in [0.2, 0.25) is 0 Å². The predicted molar refractivity (Wildman–Crippen MR) is 73.1 cm³/mol. The third-order valence-electron chi connectivity index (χ3n) is 3.84. The van der Waals surface area contributed by atoms with Crippen LogP contribution in [-0.2, 0) is 6.42 Å². The number of nitrogens with two attached hydrogens (primary N) is 2. The lowest BCUT2D eigenvalue weighted by Gasteiger charge is -2.21. The highest BCUT2D eigenvalue weighted by molar-refractivity contribution is 5.45. The number of aryl methyl sites for hydroxylation is 1. The molecule has 1 aromatic heterocycles. The lowest BCUT2D eigenvalue weighted by Crippen LogP contribution is -2.20. The van der Waals surface area contributed by atoms with Gasteiger partial charge in [0.25, 0.3) is 0 Å². The van der Waals surface area contributed by atoms with Gasteiger partial charge >= 0.3 is 0 Å². The summed E-state index contributed by atoms with van der Waals surface area (Å²) in [7, 11) is 0. The number of pyridine rings is 1. The van der Waals surface area contributed by atoms with E-state index in [1.165, 1.54) is 11.1 Å². The van der Waals surface area contributed by atoms with Crippen LogP contribution < -0.4 is 11.5 Å². The Morgan fingerprint density at radius 3 is 2.83 bits per heavy atom. The van der Waals surface area contributed by atoms with Gasteiger partial charge in [0.05, 0.1) is 0 Å². The van der Waals surface area contributed by atoms with Gasteiger partial charge in [-0.3, -0.25) is 0 Å². The van der Waals surface area contributed by atoms with Crippen LogP contribution >= 0.6 is 0 Å². The SMILES string of the molecule is Nc1ncccc1C(N)C1CCc2ccccc21. The molecule has 1 aliphatic carbocycles. The van der Waals surface area contributed by atoms with E-state index in [2.05, 4.69) is 29.2 Å². The molecule has 0 fully saturated rings. The van der Waals surface area contributed by atoms with Crippen molar-refractivity contribution in [2.24, 2.45) is 5.73 Å². The van der Waals surface area contributed by atoms with Crippen molar-refractivity contribution in [2.45, 2.75) is 24.8 Å². The van der Waals surface area contributed by atoms with Gasteiger partial charge in [-0.1, -0.05) is 30.3 Å². The van der Waals surface area contributed by atoms with Crippen molar-refractivity contribution in [3.8, 4) is 0 Å². The zero-order valence-electron chi connectivity index (χ0n) is 10.2. The Labute approximate surface area is 107 Å². The summed E-state index contributed by atoms with van der Waals surface area (Å²) in [4.78, 5) is 4.13. The van der Waals surface area contributed by atoms with E-state index in [4.69, 9.17) is 11.5 Å². The molecule has 4 N–H and O–H groups in total. The number of hydrogen-bond donors (Lipinski definition) is 2. The van der Waals surface area contributed by atoms with E-state index in [1.54, 1.807) is 6.20 Å². The van der Waals surface area contributed by atoms with Crippen molar-refractivity contribution >= 4 is 5.82 Å². The van der Waals surface area contributed by atoms with Crippen LogP contribution in [0.4, 0.5) is 5.82 Å². The van der Waals surface area contributed by atoms with Gasteiger partial charge in [0.15, 0.2) is 0 Å². The summed E-state index contributed by atoms with van der Waals surface area (Å²) in [5.41, 5.74) is 16.1. The summed E-state index contributed by atoms with van der Waals surface area (Å²) in [5.74, 6) is 0.905. The Balaban J connectivity index is 1.96. The van der Waals surface area contributed by atoms with Crippen LogP contribution in [0.2, 0.25) is 0 Å². The first kappa shape index (κ1) is 11.2. The molecule has 0 amide bonds. The minimum atomic E-state index is -0.0673. The molecule has 0 saturated carbocycles. The molecule has 1 aromatic carbocycles. The molecule has 1 heterocycles. The van der Waals surface area contributed by atoms with Crippen LogP contribution in [0.5, 0.6) is 0 Å². The van der Waals surface area contributed by atoms with E-state index in [1.807, 2.05) is 12.1 Å². The maximum atomic E-state index is 6.40. The zero-order valence-corrected chi connectivity index (χ0v) is 10.2. The van der Waals surface area contributed by atoms with Crippen LogP contribution in [0.3, 0.4) is 0 Å². The third kappa shape index (κ3) is 1.77. The molecule has 0 bridgehead atoms. The molecule has 3 heteroatoms.